The molecular weight excluding hydrogens is 304 g/mol. The lowest BCUT2D eigenvalue weighted by Gasteiger charge is -2.05. The Morgan fingerprint density at radius 2 is 2.14 bits per heavy atom. The molecule has 21 heavy (non-hydrogen) atoms. The summed E-state index contributed by atoms with van der Waals surface area (Å²) in [6.07, 6.45) is 2.35. The third-order valence-corrected chi connectivity index (χ3v) is 4.88. The molecule has 106 valence electrons. The van der Waals surface area contributed by atoms with Gasteiger partial charge in [0.05, 0.1) is 12.5 Å². The van der Waals surface area contributed by atoms with Gasteiger partial charge < -0.3 is 4.74 Å². The zero-order valence-corrected chi connectivity index (χ0v) is 13.0. The predicted molar refractivity (Wildman–Crippen MR) is 86.4 cm³/mol. The van der Waals surface area contributed by atoms with Crippen molar-refractivity contribution in [2.24, 2.45) is 0 Å². The summed E-state index contributed by atoms with van der Waals surface area (Å²) < 4.78 is 5.29. The number of rotatable bonds is 3. The average Bonchev–Trinajstić information content (AvgIpc) is 3.27. The van der Waals surface area contributed by atoms with Crippen LogP contribution in [0, 0.1) is 0 Å². The van der Waals surface area contributed by atoms with Gasteiger partial charge in [0.2, 0.25) is 0 Å². The van der Waals surface area contributed by atoms with Crippen LogP contribution in [-0.4, -0.2) is 17.1 Å². The van der Waals surface area contributed by atoms with E-state index in [2.05, 4.69) is 21.4 Å². The molecule has 1 aromatic carbocycles. The van der Waals surface area contributed by atoms with Gasteiger partial charge in [-0.05, 0) is 30.5 Å². The number of thiophene rings is 1. The van der Waals surface area contributed by atoms with Crippen molar-refractivity contribution in [2.45, 2.75) is 18.8 Å². The Morgan fingerprint density at radius 3 is 2.90 bits per heavy atom. The van der Waals surface area contributed by atoms with Gasteiger partial charge in [-0.2, -0.15) is 0 Å². The highest BCUT2D eigenvalue weighted by Crippen LogP contribution is 2.42. The molecule has 0 N–H and O–H groups in total. The molecule has 0 amide bonds. The summed E-state index contributed by atoms with van der Waals surface area (Å²) in [5.41, 5.74) is 2.14. The number of benzene rings is 1. The summed E-state index contributed by atoms with van der Waals surface area (Å²) in [6, 6.07) is 7.97. The van der Waals surface area contributed by atoms with Gasteiger partial charge in [0.1, 0.15) is 21.6 Å². The Labute approximate surface area is 131 Å². The van der Waals surface area contributed by atoms with E-state index in [9.17, 15) is 0 Å². The van der Waals surface area contributed by atoms with Gasteiger partial charge in [0.25, 0.3) is 0 Å². The molecule has 2 heterocycles. The second-order valence-corrected chi connectivity index (χ2v) is 6.42. The van der Waals surface area contributed by atoms with Crippen molar-refractivity contribution in [3.05, 3.63) is 40.6 Å². The highest BCUT2D eigenvalue weighted by molar-refractivity contribution is 7.17. The molecule has 0 saturated heterocycles. The van der Waals surface area contributed by atoms with Crippen LogP contribution in [0.4, 0.5) is 0 Å². The van der Waals surface area contributed by atoms with Crippen LogP contribution in [0.1, 0.15) is 24.6 Å². The second kappa shape index (κ2) is 4.97. The molecule has 2 aromatic heterocycles. The van der Waals surface area contributed by atoms with E-state index in [1.165, 1.54) is 12.8 Å². The minimum Gasteiger partial charge on any atom is -0.497 e. The lowest BCUT2D eigenvalue weighted by Crippen LogP contribution is -1.93. The van der Waals surface area contributed by atoms with Crippen molar-refractivity contribution in [1.82, 2.24) is 9.97 Å². The monoisotopic (exact) mass is 316 g/mol. The summed E-state index contributed by atoms with van der Waals surface area (Å²) in [5, 5.41) is 3.59. The van der Waals surface area contributed by atoms with Crippen LogP contribution in [0.3, 0.4) is 0 Å². The number of ether oxygens (including phenoxy) is 1. The molecule has 0 spiro atoms. The lowest BCUT2D eigenvalue weighted by molar-refractivity contribution is 0.415. The van der Waals surface area contributed by atoms with Crippen LogP contribution in [0.2, 0.25) is 5.15 Å². The number of methoxy groups -OCH3 is 1. The minimum atomic E-state index is 0.509. The first kappa shape index (κ1) is 13.0. The zero-order chi connectivity index (χ0) is 14.4. The fraction of sp³-hybridized carbons (Fsp3) is 0.250. The highest BCUT2D eigenvalue weighted by Gasteiger charge is 2.28. The Kier molecular flexibility index (Phi) is 3.08. The highest BCUT2D eigenvalue weighted by atomic mass is 35.5. The average molecular weight is 317 g/mol. The van der Waals surface area contributed by atoms with Crippen LogP contribution in [0.15, 0.2) is 29.6 Å². The van der Waals surface area contributed by atoms with Gasteiger partial charge in [0.15, 0.2) is 0 Å². The quantitative estimate of drug-likeness (QED) is 0.645. The van der Waals surface area contributed by atoms with Crippen molar-refractivity contribution in [3.63, 3.8) is 0 Å². The molecule has 3 nitrogen and oxygen atoms in total. The largest absolute Gasteiger partial charge is 0.497 e. The van der Waals surface area contributed by atoms with E-state index >= 15 is 0 Å². The third-order valence-electron chi connectivity index (χ3n) is 3.73. The first-order valence-electron chi connectivity index (χ1n) is 6.85. The Morgan fingerprint density at radius 1 is 1.29 bits per heavy atom. The Hall–Kier alpha value is -1.65. The molecule has 1 aliphatic carbocycles. The Bertz CT molecular complexity index is 826. The van der Waals surface area contributed by atoms with Crippen LogP contribution < -0.4 is 4.74 Å². The third kappa shape index (κ3) is 2.28. The number of hydrogen-bond acceptors (Lipinski definition) is 4. The second-order valence-electron chi connectivity index (χ2n) is 5.21. The van der Waals surface area contributed by atoms with Gasteiger partial charge in [0, 0.05) is 16.9 Å². The summed E-state index contributed by atoms with van der Waals surface area (Å²) in [4.78, 5) is 10.1. The molecule has 0 radical (unpaired) electrons. The van der Waals surface area contributed by atoms with Gasteiger partial charge in [-0.15, -0.1) is 11.3 Å². The molecule has 5 heteroatoms. The molecule has 4 rings (SSSR count). The SMILES string of the molecule is COc1cccc(-c2csc3nc(C4CC4)nc(Cl)c23)c1. The fourth-order valence-corrected chi connectivity index (χ4v) is 3.73. The zero-order valence-electron chi connectivity index (χ0n) is 11.5. The molecule has 0 aliphatic heterocycles. The molecule has 0 atom stereocenters. The number of hydrogen-bond donors (Lipinski definition) is 0. The summed E-state index contributed by atoms with van der Waals surface area (Å²) >= 11 is 8.05. The van der Waals surface area contributed by atoms with Crippen molar-refractivity contribution >= 4 is 33.2 Å². The molecule has 3 aromatic rings. The normalized spacial score (nSPS) is 14.6. The van der Waals surface area contributed by atoms with Crippen molar-refractivity contribution in [1.29, 1.82) is 0 Å². The number of fused-ring (bicyclic) bond motifs is 1. The van der Waals surface area contributed by atoms with Gasteiger partial charge in [-0.1, -0.05) is 23.7 Å². The van der Waals surface area contributed by atoms with E-state index in [0.717, 1.165) is 32.9 Å². The van der Waals surface area contributed by atoms with Gasteiger partial charge in [-0.3, -0.25) is 0 Å². The Balaban J connectivity index is 1.89. The summed E-state index contributed by atoms with van der Waals surface area (Å²) in [6.45, 7) is 0. The van der Waals surface area contributed by atoms with Gasteiger partial charge in [-0.25, -0.2) is 9.97 Å². The fourth-order valence-electron chi connectivity index (χ4n) is 2.44. The molecular formula is C16H13ClN2OS. The van der Waals surface area contributed by atoms with Crippen LogP contribution >= 0.6 is 22.9 Å². The minimum absolute atomic E-state index is 0.509. The van der Waals surface area contributed by atoms with Gasteiger partial charge >= 0.3 is 0 Å². The van der Waals surface area contributed by atoms with Crippen molar-refractivity contribution < 1.29 is 4.74 Å². The maximum absolute atomic E-state index is 6.43. The van der Waals surface area contributed by atoms with E-state index < -0.39 is 0 Å². The van der Waals surface area contributed by atoms with E-state index in [1.54, 1.807) is 18.4 Å². The lowest BCUT2D eigenvalue weighted by atomic mass is 10.1. The maximum Gasteiger partial charge on any atom is 0.142 e. The number of aromatic nitrogens is 2. The molecule has 0 bridgehead atoms. The number of halogens is 1. The van der Waals surface area contributed by atoms with Crippen molar-refractivity contribution in [2.75, 3.05) is 7.11 Å². The summed E-state index contributed by atoms with van der Waals surface area (Å²) in [5.74, 6) is 2.24. The first-order chi connectivity index (χ1) is 10.3. The summed E-state index contributed by atoms with van der Waals surface area (Å²) in [7, 11) is 1.67. The molecule has 1 saturated carbocycles. The standard InChI is InChI=1S/C16H13ClN2OS/c1-20-11-4-2-3-10(7-11)12-8-21-16-13(12)14(17)18-15(19-16)9-5-6-9/h2-4,7-9H,5-6H2,1H3. The van der Waals surface area contributed by atoms with E-state index in [1.807, 2.05) is 18.2 Å². The predicted octanol–water partition coefficient (Wildman–Crippen LogP) is 4.90. The first-order valence-corrected chi connectivity index (χ1v) is 8.11. The molecule has 1 fully saturated rings. The maximum atomic E-state index is 6.43. The topological polar surface area (TPSA) is 35.0 Å². The van der Waals surface area contributed by atoms with E-state index in [0.29, 0.717) is 11.1 Å². The van der Waals surface area contributed by atoms with E-state index in [-0.39, 0.29) is 0 Å². The molecule has 0 unspecified atom stereocenters. The van der Waals surface area contributed by atoms with Crippen molar-refractivity contribution in [3.8, 4) is 16.9 Å². The smallest absolute Gasteiger partial charge is 0.142 e. The molecule has 1 aliphatic rings. The number of nitrogens with zero attached hydrogens (tertiary/aromatic N) is 2. The van der Waals surface area contributed by atoms with Crippen LogP contribution in [-0.2, 0) is 0 Å². The van der Waals surface area contributed by atoms with Crippen LogP contribution in [0.25, 0.3) is 21.3 Å². The van der Waals surface area contributed by atoms with Crippen LogP contribution in [0.5, 0.6) is 5.75 Å². The van der Waals surface area contributed by atoms with E-state index in [4.69, 9.17) is 16.3 Å².